The minimum Gasteiger partial charge on any atom is -0.478 e. The largest absolute Gasteiger partial charge is 0.478 e. The highest BCUT2D eigenvalue weighted by molar-refractivity contribution is 6.02. The molecular formula is C16H14N2O2. The van der Waals surface area contributed by atoms with Gasteiger partial charge < -0.3 is 9.67 Å². The molecular weight excluding hydrogens is 252 g/mol. The van der Waals surface area contributed by atoms with Crippen LogP contribution in [0.25, 0.3) is 10.9 Å². The molecule has 1 aromatic carbocycles. The molecule has 0 amide bonds. The predicted octanol–water partition coefficient (Wildman–Crippen LogP) is 2.98. The zero-order chi connectivity index (χ0) is 13.9. The highest BCUT2D eigenvalue weighted by atomic mass is 16.4. The number of aryl methyl sites for hydroxylation is 2. The Bertz CT molecular complexity index is 748. The van der Waals surface area contributed by atoms with Crippen LogP contribution in [0.1, 0.15) is 15.9 Å². The van der Waals surface area contributed by atoms with E-state index >= 15 is 0 Å². The molecule has 0 saturated carbocycles. The Morgan fingerprint density at radius 2 is 2.10 bits per heavy atom. The zero-order valence-corrected chi connectivity index (χ0v) is 10.9. The van der Waals surface area contributed by atoms with Gasteiger partial charge in [0.15, 0.2) is 0 Å². The lowest BCUT2D eigenvalue weighted by Crippen LogP contribution is -2.01. The van der Waals surface area contributed by atoms with Crippen LogP contribution in [0.4, 0.5) is 0 Å². The monoisotopic (exact) mass is 266 g/mol. The summed E-state index contributed by atoms with van der Waals surface area (Å²) in [5.41, 5.74) is 2.47. The van der Waals surface area contributed by atoms with Crippen molar-refractivity contribution in [2.75, 3.05) is 0 Å². The van der Waals surface area contributed by atoms with Crippen molar-refractivity contribution in [3.05, 3.63) is 66.1 Å². The van der Waals surface area contributed by atoms with E-state index in [0.29, 0.717) is 5.56 Å². The molecule has 100 valence electrons. The lowest BCUT2D eigenvalue weighted by molar-refractivity contribution is 0.0699. The number of fused-ring (bicyclic) bond motifs is 1. The van der Waals surface area contributed by atoms with Gasteiger partial charge in [-0.3, -0.25) is 4.98 Å². The summed E-state index contributed by atoms with van der Waals surface area (Å²) in [5.74, 6) is -0.888. The Labute approximate surface area is 116 Å². The number of pyridine rings is 1. The second kappa shape index (κ2) is 5.17. The Kier molecular flexibility index (Phi) is 3.21. The van der Waals surface area contributed by atoms with E-state index in [2.05, 4.69) is 9.55 Å². The summed E-state index contributed by atoms with van der Waals surface area (Å²) in [6.07, 6.45) is 6.42. The second-order valence-corrected chi connectivity index (χ2v) is 4.66. The van der Waals surface area contributed by atoms with E-state index in [1.807, 2.05) is 36.7 Å². The molecule has 0 spiro atoms. The van der Waals surface area contributed by atoms with Gasteiger partial charge in [0.2, 0.25) is 0 Å². The lowest BCUT2D eigenvalue weighted by Gasteiger charge is -2.06. The third-order valence-corrected chi connectivity index (χ3v) is 3.41. The summed E-state index contributed by atoms with van der Waals surface area (Å²) in [6.45, 7) is 0.804. The third kappa shape index (κ3) is 2.28. The van der Waals surface area contributed by atoms with Crippen LogP contribution >= 0.6 is 0 Å². The molecule has 0 aliphatic carbocycles. The fraction of sp³-hybridized carbons (Fsp3) is 0.125. The number of aromatic nitrogens is 2. The SMILES string of the molecule is O=C(O)c1cccc2c1ccn2CCc1cccnc1. The number of nitrogens with zero attached hydrogens (tertiary/aromatic N) is 2. The quantitative estimate of drug-likeness (QED) is 0.789. The summed E-state index contributed by atoms with van der Waals surface area (Å²) < 4.78 is 2.08. The number of carbonyl (C=O) groups is 1. The van der Waals surface area contributed by atoms with Crippen LogP contribution in [-0.4, -0.2) is 20.6 Å². The molecule has 0 radical (unpaired) electrons. The van der Waals surface area contributed by atoms with Gasteiger partial charge >= 0.3 is 5.97 Å². The van der Waals surface area contributed by atoms with Crippen LogP contribution in [0.3, 0.4) is 0 Å². The van der Waals surface area contributed by atoms with Gasteiger partial charge in [-0.05, 0) is 36.2 Å². The van der Waals surface area contributed by atoms with Crippen molar-refractivity contribution in [1.29, 1.82) is 0 Å². The van der Waals surface area contributed by atoms with Crippen molar-refractivity contribution in [2.45, 2.75) is 13.0 Å². The Morgan fingerprint density at radius 3 is 2.85 bits per heavy atom. The first-order valence-electron chi connectivity index (χ1n) is 6.46. The van der Waals surface area contributed by atoms with E-state index in [4.69, 9.17) is 0 Å². The minimum atomic E-state index is -0.888. The van der Waals surface area contributed by atoms with E-state index in [-0.39, 0.29) is 0 Å². The van der Waals surface area contributed by atoms with Crippen LogP contribution in [0.2, 0.25) is 0 Å². The third-order valence-electron chi connectivity index (χ3n) is 3.41. The Hall–Kier alpha value is -2.62. The molecule has 0 unspecified atom stereocenters. The molecule has 0 atom stereocenters. The van der Waals surface area contributed by atoms with Crippen molar-refractivity contribution in [3.8, 4) is 0 Å². The van der Waals surface area contributed by atoms with E-state index in [1.54, 1.807) is 18.3 Å². The number of benzene rings is 1. The topological polar surface area (TPSA) is 55.1 Å². The predicted molar refractivity (Wildman–Crippen MR) is 76.8 cm³/mol. The molecule has 0 fully saturated rings. The maximum Gasteiger partial charge on any atom is 0.336 e. The molecule has 20 heavy (non-hydrogen) atoms. The first-order chi connectivity index (χ1) is 9.75. The first kappa shape index (κ1) is 12.4. The molecule has 2 heterocycles. The van der Waals surface area contributed by atoms with Gasteiger partial charge in [-0.1, -0.05) is 12.1 Å². The van der Waals surface area contributed by atoms with Crippen molar-refractivity contribution in [1.82, 2.24) is 9.55 Å². The number of carboxylic acids is 1. The van der Waals surface area contributed by atoms with Gasteiger partial charge in [0.05, 0.1) is 5.56 Å². The Balaban J connectivity index is 1.90. The molecule has 2 aromatic heterocycles. The van der Waals surface area contributed by atoms with E-state index in [1.165, 1.54) is 5.56 Å². The molecule has 0 bridgehead atoms. The zero-order valence-electron chi connectivity index (χ0n) is 10.9. The number of aromatic carboxylic acids is 1. The van der Waals surface area contributed by atoms with Gasteiger partial charge in [-0.2, -0.15) is 0 Å². The fourth-order valence-corrected chi connectivity index (χ4v) is 2.40. The smallest absolute Gasteiger partial charge is 0.336 e. The molecule has 0 aliphatic rings. The minimum absolute atomic E-state index is 0.350. The molecule has 1 N–H and O–H groups in total. The lowest BCUT2D eigenvalue weighted by atomic mass is 10.1. The average molecular weight is 266 g/mol. The van der Waals surface area contributed by atoms with Crippen LogP contribution in [-0.2, 0) is 13.0 Å². The molecule has 0 saturated heterocycles. The number of carboxylic acid groups (broad SMARTS) is 1. The molecule has 4 heteroatoms. The molecule has 4 nitrogen and oxygen atoms in total. The molecule has 0 aliphatic heterocycles. The van der Waals surface area contributed by atoms with Crippen molar-refractivity contribution in [3.63, 3.8) is 0 Å². The highest BCUT2D eigenvalue weighted by Crippen LogP contribution is 2.20. The first-order valence-corrected chi connectivity index (χ1v) is 6.46. The molecule has 3 rings (SSSR count). The molecule has 3 aromatic rings. The van der Waals surface area contributed by atoms with Crippen LogP contribution in [0, 0.1) is 0 Å². The number of hydrogen-bond donors (Lipinski definition) is 1. The normalized spacial score (nSPS) is 10.8. The van der Waals surface area contributed by atoms with Gasteiger partial charge in [-0.25, -0.2) is 4.79 Å². The van der Waals surface area contributed by atoms with Gasteiger partial charge in [0, 0.05) is 36.0 Å². The van der Waals surface area contributed by atoms with Crippen molar-refractivity contribution in [2.24, 2.45) is 0 Å². The maximum absolute atomic E-state index is 11.2. The van der Waals surface area contributed by atoms with Crippen LogP contribution in [0.5, 0.6) is 0 Å². The van der Waals surface area contributed by atoms with Crippen LogP contribution < -0.4 is 0 Å². The second-order valence-electron chi connectivity index (χ2n) is 4.66. The summed E-state index contributed by atoms with van der Waals surface area (Å²) in [6, 6.07) is 11.2. The summed E-state index contributed by atoms with van der Waals surface area (Å²) in [5, 5.41) is 9.97. The van der Waals surface area contributed by atoms with E-state index in [9.17, 15) is 9.90 Å². The van der Waals surface area contributed by atoms with Crippen molar-refractivity contribution < 1.29 is 9.90 Å². The number of hydrogen-bond acceptors (Lipinski definition) is 2. The highest BCUT2D eigenvalue weighted by Gasteiger charge is 2.10. The number of rotatable bonds is 4. The van der Waals surface area contributed by atoms with Crippen LogP contribution in [0.15, 0.2) is 55.0 Å². The standard InChI is InChI=1S/C16H14N2O2/c19-16(20)14-4-1-5-15-13(14)7-10-18(15)9-6-12-3-2-8-17-11-12/h1-5,7-8,10-11H,6,9H2,(H,19,20). The van der Waals surface area contributed by atoms with Gasteiger partial charge in [0.25, 0.3) is 0 Å². The average Bonchev–Trinajstić information content (AvgIpc) is 2.89. The summed E-state index contributed by atoms with van der Waals surface area (Å²) in [4.78, 5) is 15.3. The Morgan fingerprint density at radius 1 is 1.20 bits per heavy atom. The van der Waals surface area contributed by atoms with Gasteiger partial charge in [0.1, 0.15) is 0 Å². The fourth-order valence-electron chi connectivity index (χ4n) is 2.40. The van der Waals surface area contributed by atoms with Gasteiger partial charge in [-0.15, -0.1) is 0 Å². The summed E-state index contributed by atoms with van der Waals surface area (Å²) in [7, 11) is 0. The van der Waals surface area contributed by atoms with E-state index in [0.717, 1.165) is 23.9 Å². The van der Waals surface area contributed by atoms with E-state index < -0.39 is 5.97 Å². The maximum atomic E-state index is 11.2. The van der Waals surface area contributed by atoms with Crippen molar-refractivity contribution >= 4 is 16.9 Å². The summed E-state index contributed by atoms with van der Waals surface area (Å²) >= 11 is 0.